The molecule has 3 rings (SSSR count). The summed E-state index contributed by atoms with van der Waals surface area (Å²) >= 11 is 0. The summed E-state index contributed by atoms with van der Waals surface area (Å²) in [6.45, 7) is 5.55. The van der Waals surface area contributed by atoms with Gasteiger partial charge in [0, 0.05) is 44.4 Å². The van der Waals surface area contributed by atoms with Gasteiger partial charge in [-0.25, -0.2) is 4.39 Å². The molecule has 25 heavy (non-hydrogen) atoms. The van der Waals surface area contributed by atoms with Crippen LogP contribution in [0.2, 0.25) is 0 Å². The zero-order chi connectivity index (χ0) is 17.8. The van der Waals surface area contributed by atoms with Gasteiger partial charge in [-0.05, 0) is 19.4 Å². The molecule has 5 heteroatoms. The van der Waals surface area contributed by atoms with Gasteiger partial charge in [0.25, 0.3) is 0 Å². The molecule has 1 aromatic carbocycles. The predicted octanol–water partition coefficient (Wildman–Crippen LogP) is 3.00. The smallest absolute Gasteiger partial charge is 0.229 e. The minimum Gasteiger partial charge on any atom is -0.497 e. The lowest BCUT2D eigenvalue weighted by molar-refractivity contribution is -0.135. The van der Waals surface area contributed by atoms with Gasteiger partial charge >= 0.3 is 0 Å². The molecule has 0 radical (unpaired) electrons. The zero-order valence-electron chi connectivity index (χ0n) is 14.9. The highest BCUT2D eigenvalue weighted by Gasteiger charge is 2.27. The van der Waals surface area contributed by atoms with E-state index in [-0.39, 0.29) is 17.6 Å². The fourth-order valence-corrected chi connectivity index (χ4v) is 3.39. The molecule has 1 unspecified atom stereocenters. The molecule has 4 nitrogen and oxygen atoms in total. The molecule has 0 N–H and O–H groups in total. The van der Waals surface area contributed by atoms with E-state index in [1.165, 1.54) is 18.7 Å². The van der Waals surface area contributed by atoms with Crippen LogP contribution in [0.15, 0.2) is 42.0 Å². The highest BCUT2D eigenvalue weighted by molar-refractivity contribution is 5.81. The molecule has 0 saturated carbocycles. The van der Waals surface area contributed by atoms with Gasteiger partial charge in [0.15, 0.2) is 0 Å². The molecular weight excluding hydrogens is 319 g/mol. The van der Waals surface area contributed by atoms with Gasteiger partial charge in [-0.15, -0.1) is 0 Å². The van der Waals surface area contributed by atoms with Crippen LogP contribution in [0.3, 0.4) is 0 Å². The van der Waals surface area contributed by atoms with Crippen molar-refractivity contribution in [1.29, 1.82) is 0 Å². The molecular formula is C20H25FN2O2. The van der Waals surface area contributed by atoms with Crippen molar-refractivity contribution in [3.63, 3.8) is 0 Å². The third kappa shape index (κ3) is 4.28. The number of amides is 1. The summed E-state index contributed by atoms with van der Waals surface area (Å²) in [4.78, 5) is 16.8. The van der Waals surface area contributed by atoms with Crippen LogP contribution in [0.5, 0.6) is 5.75 Å². The second kappa shape index (κ2) is 7.83. The molecule has 1 aromatic rings. The summed E-state index contributed by atoms with van der Waals surface area (Å²) in [6.07, 6.45) is 6.84. The monoisotopic (exact) mass is 344 g/mol. The fraction of sp³-hybridized carbons (Fsp3) is 0.450. The van der Waals surface area contributed by atoms with E-state index < -0.39 is 0 Å². The van der Waals surface area contributed by atoms with E-state index in [0.717, 1.165) is 19.5 Å². The number of benzene rings is 1. The summed E-state index contributed by atoms with van der Waals surface area (Å²) in [6, 6.07) is 4.97. The van der Waals surface area contributed by atoms with Crippen LogP contribution in [-0.4, -0.2) is 49.0 Å². The summed E-state index contributed by atoms with van der Waals surface area (Å²) in [5.74, 6) is 0.462. The van der Waals surface area contributed by atoms with E-state index in [2.05, 4.69) is 17.9 Å². The Labute approximate surface area is 148 Å². The van der Waals surface area contributed by atoms with E-state index in [0.29, 0.717) is 30.9 Å². The highest BCUT2D eigenvalue weighted by atomic mass is 19.1. The standard InChI is InChI=1S/C20H25FN2O2/c1-15-4-3-5-16(12-15)20(24)23-10-8-22(9-11-23)14-17-6-7-18(25-2)13-19(17)21/h3-7,13,16H,8-12,14H2,1-2H3. The van der Waals surface area contributed by atoms with Crippen molar-refractivity contribution in [3.05, 3.63) is 53.4 Å². The predicted molar refractivity (Wildman–Crippen MR) is 95.8 cm³/mol. The quantitative estimate of drug-likeness (QED) is 0.842. The number of rotatable bonds is 4. The van der Waals surface area contributed by atoms with Crippen molar-refractivity contribution < 1.29 is 13.9 Å². The lowest BCUT2D eigenvalue weighted by Crippen LogP contribution is -2.50. The van der Waals surface area contributed by atoms with Crippen molar-refractivity contribution in [2.45, 2.75) is 19.9 Å². The first-order chi connectivity index (χ1) is 12.1. The third-order valence-corrected chi connectivity index (χ3v) is 4.92. The van der Waals surface area contributed by atoms with E-state index in [1.54, 1.807) is 12.1 Å². The molecule has 1 saturated heterocycles. The second-order valence-corrected chi connectivity index (χ2v) is 6.77. The maximum atomic E-state index is 14.1. The van der Waals surface area contributed by atoms with Crippen LogP contribution in [0.25, 0.3) is 0 Å². The Bertz CT molecular complexity index is 691. The summed E-state index contributed by atoms with van der Waals surface area (Å²) in [7, 11) is 1.53. The molecule has 1 fully saturated rings. The van der Waals surface area contributed by atoms with Gasteiger partial charge in [0.2, 0.25) is 5.91 Å². The molecule has 1 amide bonds. The van der Waals surface area contributed by atoms with Crippen molar-refractivity contribution in [2.75, 3.05) is 33.3 Å². The van der Waals surface area contributed by atoms with Crippen LogP contribution >= 0.6 is 0 Å². The Morgan fingerprint density at radius 2 is 2.04 bits per heavy atom. The number of carbonyl (C=O) groups is 1. The normalized spacial score (nSPS) is 21.2. The van der Waals surface area contributed by atoms with Crippen molar-refractivity contribution in [3.8, 4) is 5.75 Å². The van der Waals surface area contributed by atoms with Gasteiger partial charge in [-0.1, -0.05) is 29.9 Å². The number of halogens is 1. The average molecular weight is 344 g/mol. The first-order valence-electron chi connectivity index (χ1n) is 8.74. The number of allylic oxidation sites excluding steroid dienone is 3. The summed E-state index contributed by atoms with van der Waals surface area (Å²) in [5, 5.41) is 0. The third-order valence-electron chi connectivity index (χ3n) is 4.92. The topological polar surface area (TPSA) is 32.8 Å². The van der Waals surface area contributed by atoms with Gasteiger partial charge in [-0.3, -0.25) is 9.69 Å². The fourth-order valence-electron chi connectivity index (χ4n) is 3.39. The Balaban J connectivity index is 1.53. The first-order valence-corrected chi connectivity index (χ1v) is 8.74. The number of carbonyl (C=O) groups excluding carboxylic acids is 1. The van der Waals surface area contributed by atoms with Crippen molar-refractivity contribution >= 4 is 5.91 Å². The van der Waals surface area contributed by atoms with Crippen LogP contribution in [0, 0.1) is 11.7 Å². The molecule has 0 aromatic heterocycles. The van der Waals surface area contributed by atoms with Crippen LogP contribution < -0.4 is 4.74 Å². The molecule has 2 aliphatic rings. The van der Waals surface area contributed by atoms with Crippen molar-refractivity contribution in [2.24, 2.45) is 5.92 Å². The van der Waals surface area contributed by atoms with Crippen LogP contribution in [0.1, 0.15) is 18.9 Å². The molecule has 0 bridgehead atoms. The van der Waals surface area contributed by atoms with E-state index >= 15 is 0 Å². The van der Waals surface area contributed by atoms with E-state index in [4.69, 9.17) is 4.74 Å². The number of hydrogen-bond donors (Lipinski definition) is 0. The minimum absolute atomic E-state index is 0.0319. The number of methoxy groups -OCH3 is 1. The Morgan fingerprint density at radius 3 is 2.68 bits per heavy atom. The van der Waals surface area contributed by atoms with E-state index in [1.807, 2.05) is 17.1 Å². The zero-order valence-corrected chi connectivity index (χ0v) is 14.9. The number of ether oxygens (including phenoxy) is 1. The summed E-state index contributed by atoms with van der Waals surface area (Å²) in [5.41, 5.74) is 1.91. The number of hydrogen-bond acceptors (Lipinski definition) is 3. The lowest BCUT2D eigenvalue weighted by atomic mass is 9.94. The van der Waals surface area contributed by atoms with Crippen LogP contribution in [0.4, 0.5) is 4.39 Å². The van der Waals surface area contributed by atoms with Gasteiger partial charge < -0.3 is 9.64 Å². The Hall–Kier alpha value is -2.14. The molecule has 1 aliphatic heterocycles. The van der Waals surface area contributed by atoms with Crippen LogP contribution in [-0.2, 0) is 11.3 Å². The van der Waals surface area contributed by atoms with E-state index in [9.17, 15) is 9.18 Å². The largest absolute Gasteiger partial charge is 0.497 e. The first kappa shape index (κ1) is 17.7. The highest BCUT2D eigenvalue weighted by Crippen LogP contribution is 2.22. The summed E-state index contributed by atoms with van der Waals surface area (Å²) < 4.78 is 19.1. The van der Waals surface area contributed by atoms with Crippen molar-refractivity contribution in [1.82, 2.24) is 9.80 Å². The van der Waals surface area contributed by atoms with Gasteiger partial charge in [0.05, 0.1) is 13.0 Å². The average Bonchev–Trinajstić information content (AvgIpc) is 2.63. The number of piperazine rings is 1. The SMILES string of the molecule is COc1ccc(CN2CCN(C(=O)C3C=CC=C(C)C3)CC2)c(F)c1. The lowest BCUT2D eigenvalue weighted by Gasteiger charge is -2.36. The maximum absolute atomic E-state index is 14.1. The second-order valence-electron chi connectivity index (χ2n) is 6.77. The minimum atomic E-state index is -0.243. The Morgan fingerprint density at radius 1 is 1.28 bits per heavy atom. The van der Waals surface area contributed by atoms with Gasteiger partial charge in [-0.2, -0.15) is 0 Å². The maximum Gasteiger partial charge on any atom is 0.229 e. The Kier molecular flexibility index (Phi) is 5.53. The molecule has 1 heterocycles. The van der Waals surface area contributed by atoms with Gasteiger partial charge in [0.1, 0.15) is 11.6 Å². The molecule has 0 spiro atoms. The molecule has 1 atom stereocenters. The molecule has 1 aliphatic carbocycles. The number of nitrogens with zero attached hydrogens (tertiary/aromatic N) is 2. The molecule has 134 valence electrons.